The van der Waals surface area contributed by atoms with Gasteiger partial charge in [0.25, 0.3) is 5.91 Å². The summed E-state index contributed by atoms with van der Waals surface area (Å²) in [5, 5.41) is 12.2. The summed E-state index contributed by atoms with van der Waals surface area (Å²) in [6.45, 7) is 3.63. The molecule has 2 aliphatic heterocycles. The van der Waals surface area contributed by atoms with Crippen molar-refractivity contribution in [3.63, 3.8) is 0 Å². The number of hydrogen-bond acceptors (Lipinski definition) is 4. The molecule has 5 nitrogen and oxygen atoms in total. The predicted octanol–water partition coefficient (Wildman–Crippen LogP) is 5.32. The normalized spacial score (nSPS) is 22.0. The Morgan fingerprint density at radius 3 is 2.54 bits per heavy atom. The fourth-order valence-corrected chi connectivity index (χ4v) is 6.09. The van der Waals surface area contributed by atoms with Crippen LogP contribution in [-0.4, -0.2) is 64.6 Å². The molecule has 2 aromatic carbocycles. The summed E-state index contributed by atoms with van der Waals surface area (Å²) in [5.41, 5.74) is 2.76. The maximum atomic E-state index is 13.3. The highest BCUT2D eigenvalue weighted by Gasteiger charge is 2.34. The Morgan fingerprint density at radius 2 is 1.77 bits per heavy atom. The van der Waals surface area contributed by atoms with Crippen LogP contribution in [0, 0.1) is 11.8 Å². The van der Waals surface area contributed by atoms with Crippen molar-refractivity contribution in [2.24, 2.45) is 11.8 Å². The number of hydrogen-bond donors (Lipinski definition) is 1. The summed E-state index contributed by atoms with van der Waals surface area (Å²) in [7, 11) is 0. The molecule has 1 aromatic heterocycles. The number of nitrogens with zero attached hydrogens (tertiary/aromatic N) is 3. The first kappa shape index (κ1) is 24.5. The molecular weight excluding hydrogens is 481 g/mol. The highest BCUT2D eigenvalue weighted by Crippen LogP contribution is 2.32. The van der Waals surface area contributed by atoms with E-state index in [1.54, 1.807) is 6.20 Å². The molecule has 0 spiro atoms. The summed E-state index contributed by atoms with van der Waals surface area (Å²) >= 11 is 12.3. The van der Waals surface area contributed by atoms with Crippen LogP contribution in [0.15, 0.2) is 54.7 Å². The van der Waals surface area contributed by atoms with Crippen molar-refractivity contribution in [3.05, 3.63) is 75.9 Å². The van der Waals surface area contributed by atoms with Crippen molar-refractivity contribution in [2.75, 3.05) is 32.8 Å². The van der Waals surface area contributed by atoms with Gasteiger partial charge in [-0.15, -0.1) is 0 Å². The SMILES string of the molecule is O=C(c1ccnc2ccccc12)N1CCC(N2CCC(Cc3ccc(Cl)c(Cl)c3)[C@H](CO)C2)CC1. The Balaban J connectivity index is 1.18. The van der Waals surface area contributed by atoms with Gasteiger partial charge in [0.15, 0.2) is 0 Å². The molecule has 3 aromatic rings. The number of piperidine rings is 2. The predicted molar refractivity (Wildman–Crippen MR) is 141 cm³/mol. The lowest BCUT2D eigenvalue weighted by atomic mass is 9.80. The Labute approximate surface area is 216 Å². The molecule has 35 heavy (non-hydrogen) atoms. The lowest BCUT2D eigenvalue weighted by molar-refractivity contribution is 0.0242. The third kappa shape index (κ3) is 5.34. The Hall–Kier alpha value is -2.18. The Bertz CT molecular complexity index is 1190. The van der Waals surface area contributed by atoms with Crippen LogP contribution in [0.4, 0.5) is 0 Å². The van der Waals surface area contributed by atoms with Gasteiger partial charge in [-0.25, -0.2) is 0 Å². The van der Waals surface area contributed by atoms with Crippen LogP contribution in [-0.2, 0) is 6.42 Å². The van der Waals surface area contributed by atoms with Crippen molar-refractivity contribution in [3.8, 4) is 0 Å². The van der Waals surface area contributed by atoms with E-state index in [-0.39, 0.29) is 18.4 Å². The van der Waals surface area contributed by atoms with E-state index >= 15 is 0 Å². The molecule has 184 valence electrons. The standard InChI is InChI=1S/C28H31Cl2N3O2/c29-25-6-5-19(16-26(25)30)15-20-8-12-33(17-21(20)18-34)22-9-13-32(14-10-22)28(35)24-7-11-31-27-4-2-1-3-23(24)27/h1-7,11,16,20-22,34H,8-10,12-15,17-18H2/t20?,21-/m0/s1. The van der Waals surface area contributed by atoms with E-state index in [9.17, 15) is 9.90 Å². The molecule has 2 fully saturated rings. The molecule has 2 aliphatic rings. The molecule has 2 saturated heterocycles. The van der Waals surface area contributed by atoms with Gasteiger partial charge in [-0.2, -0.15) is 0 Å². The van der Waals surface area contributed by atoms with Gasteiger partial charge >= 0.3 is 0 Å². The number of pyridine rings is 1. The van der Waals surface area contributed by atoms with E-state index in [2.05, 4.69) is 9.88 Å². The second kappa shape index (κ2) is 10.8. The van der Waals surface area contributed by atoms with E-state index in [1.807, 2.05) is 53.4 Å². The molecule has 0 radical (unpaired) electrons. The highest BCUT2D eigenvalue weighted by atomic mass is 35.5. The number of carbonyl (C=O) groups excluding carboxylic acids is 1. The zero-order chi connectivity index (χ0) is 24.4. The largest absolute Gasteiger partial charge is 0.396 e. The molecule has 0 aliphatic carbocycles. The lowest BCUT2D eigenvalue weighted by Gasteiger charge is -2.44. The first-order valence-corrected chi connectivity index (χ1v) is 13.2. The average Bonchev–Trinajstić information content (AvgIpc) is 2.90. The third-order valence-corrected chi connectivity index (χ3v) is 8.53. The minimum absolute atomic E-state index is 0.0932. The molecule has 1 N–H and O–H groups in total. The minimum Gasteiger partial charge on any atom is -0.396 e. The molecule has 0 bridgehead atoms. The monoisotopic (exact) mass is 511 g/mol. The van der Waals surface area contributed by atoms with E-state index in [0.717, 1.165) is 68.3 Å². The summed E-state index contributed by atoms with van der Waals surface area (Å²) in [6.07, 6.45) is 5.60. The second-order valence-electron chi connectivity index (χ2n) is 9.84. The topological polar surface area (TPSA) is 56.7 Å². The molecular formula is C28H31Cl2N3O2. The summed E-state index contributed by atoms with van der Waals surface area (Å²) < 4.78 is 0. The van der Waals surface area contributed by atoms with E-state index in [0.29, 0.717) is 22.0 Å². The number of halogens is 2. The number of aromatic nitrogens is 1. The first-order chi connectivity index (χ1) is 17.0. The van der Waals surface area contributed by atoms with Crippen LogP contribution in [0.3, 0.4) is 0 Å². The molecule has 0 saturated carbocycles. The number of amides is 1. The van der Waals surface area contributed by atoms with Gasteiger partial charge in [0.05, 0.1) is 21.1 Å². The van der Waals surface area contributed by atoms with Gasteiger partial charge in [-0.1, -0.05) is 47.5 Å². The zero-order valence-corrected chi connectivity index (χ0v) is 21.3. The van der Waals surface area contributed by atoms with Crippen molar-refractivity contribution in [2.45, 2.75) is 31.7 Å². The fraction of sp³-hybridized carbons (Fsp3) is 0.429. The van der Waals surface area contributed by atoms with Crippen LogP contribution in [0.5, 0.6) is 0 Å². The third-order valence-electron chi connectivity index (χ3n) is 7.79. The number of carbonyl (C=O) groups is 1. The van der Waals surface area contributed by atoms with Crippen LogP contribution in [0.25, 0.3) is 10.9 Å². The van der Waals surface area contributed by atoms with Crippen molar-refractivity contribution in [1.29, 1.82) is 0 Å². The lowest BCUT2D eigenvalue weighted by Crippen LogP contribution is -2.52. The quantitative estimate of drug-likeness (QED) is 0.503. The van der Waals surface area contributed by atoms with Gasteiger partial charge < -0.3 is 10.0 Å². The maximum Gasteiger partial charge on any atom is 0.254 e. The second-order valence-corrected chi connectivity index (χ2v) is 10.7. The zero-order valence-electron chi connectivity index (χ0n) is 19.7. The molecule has 3 heterocycles. The molecule has 7 heteroatoms. The van der Waals surface area contributed by atoms with Gasteiger partial charge in [0.2, 0.25) is 0 Å². The van der Waals surface area contributed by atoms with Crippen molar-refractivity contribution >= 4 is 40.0 Å². The molecule has 5 rings (SSSR count). The molecule has 1 unspecified atom stereocenters. The van der Waals surface area contributed by atoms with E-state index in [1.165, 1.54) is 5.56 Å². The van der Waals surface area contributed by atoms with E-state index in [4.69, 9.17) is 23.2 Å². The van der Waals surface area contributed by atoms with Crippen molar-refractivity contribution < 1.29 is 9.90 Å². The van der Waals surface area contributed by atoms with E-state index < -0.39 is 0 Å². The van der Waals surface area contributed by atoms with Gasteiger partial charge in [0.1, 0.15) is 0 Å². The van der Waals surface area contributed by atoms with Gasteiger partial charge in [0, 0.05) is 43.9 Å². The smallest absolute Gasteiger partial charge is 0.254 e. The van der Waals surface area contributed by atoms with Crippen LogP contribution in [0.1, 0.15) is 35.2 Å². The average molecular weight is 512 g/mol. The first-order valence-electron chi connectivity index (χ1n) is 12.5. The minimum atomic E-state index is 0.0932. The van der Waals surface area contributed by atoms with Crippen molar-refractivity contribution in [1.82, 2.24) is 14.8 Å². The number of benzene rings is 2. The number of fused-ring (bicyclic) bond motifs is 1. The number of aliphatic hydroxyl groups excluding tert-OH is 1. The number of para-hydroxylation sites is 1. The number of rotatable bonds is 5. The van der Waals surface area contributed by atoms with Crippen LogP contribution in [0.2, 0.25) is 10.0 Å². The number of aliphatic hydroxyl groups is 1. The van der Waals surface area contributed by atoms with Gasteiger partial charge in [-0.05, 0) is 73.9 Å². The Kier molecular flexibility index (Phi) is 7.59. The fourth-order valence-electron chi connectivity index (χ4n) is 5.77. The molecule has 1 amide bonds. The Morgan fingerprint density at radius 1 is 0.971 bits per heavy atom. The summed E-state index contributed by atoms with van der Waals surface area (Å²) in [6, 6.07) is 15.9. The number of likely N-dealkylation sites (tertiary alicyclic amines) is 2. The highest BCUT2D eigenvalue weighted by molar-refractivity contribution is 6.42. The van der Waals surface area contributed by atoms with Crippen LogP contribution >= 0.6 is 23.2 Å². The summed E-state index contributed by atoms with van der Waals surface area (Å²) in [5.74, 6) is 0.756. The van der Waals surface area contributed by atoms with Crippen LogP contribution < -0.4 is 0 Å². The van der Waals surface area contributed by atoms with Gasteiger partial charge in [-0.3, -0.25) is 14.7 Å². The summed E-state index contributed by atoms with van der Waals surface area (Å²) in [4.78, 5) is 22.2. The maximum absolute atomic E-state index is 13.3. The molecule has 2 atom stereocenters.